The summed E-state index contributed by atoms with van der Waals surface area (Å²) in [5.41, 5.74) is 8.40. The molecule has 1 fully saturated rings. The number of anilines is 1. The Balaban J connectivity index is 2.05. The maximum absolute atomic E-state index is 9.87. The van der Waals surface area contributed by atoms with Crippen LogP contribution in [0.25, 0.3) is 0 Å². The Hall–Kier alpha value is -1.22. The molecule has 0 spiro atoms. The number of fused-ring (bicyclic) bond motifs is 3. The van der Waals surface area contributed by atoms with Gasteiger partial charge in [-0.15, -0.1) is 0 Å². The average Bonchev–Trinajstić information content (AvgIpc) is 2.59. The van der Waals surface area contributed by atoms with Gasteiger partial charge in [0.2, 0.25) is 0 Å². The number of nitrogens with two attached hydrogens (primary N) is 1. The minimum Gasteiger partial charge on any atom is -0.506 e. The summed E-state index contributed by atoms with van der Waals surface area (Å²) in [4.78, 5) is 2.29. The van der Waals surface area contributed by atoms with Gasteiger partial charge < -0.3 is 15.7 Å². The number of rotatable bonds is 0. The molecule has 1 aromatic rings. The Morgan fingerprint density at radius 1 is 1.40 bits per heavy atom. The Morgan fingerprint density at radius 3 is 3.13 bits per heavy atom. The van der Waals surface area contributed by atoms with Crippen molar-refractivity contribution in [2.24, 2.45) is 5.73 Å². The predicted octanol–water partition coefficient (Wildman–Crippen LogP) is 1.24. The molecule has 0 saturated carbocycles. The zero-order valence-electron chi connectivity index (χ0n) is 8.69. The van der Waals surface area contributed by atoms with Crippen molar-refractivity contribution in [3.8, 4) is 5.75 Å². The maximum Gasteiger partial charge on any atom is 0.139 e. The van der Waals surface area contributed by atoms with Gasteiger partial charge in [-0.05, 0) is 30.9 Å². The summed E-state index contributed by atoms with van der Waals surface area (Å²) in [6, 6.07) is 6.44. The average molecular weight is 204 g/mol. The van der Waals surface area contributed by atoms with E-state index in [9.17, 15) is 5.11 Å². The molecule has 3 nitrogen and oxygen atoms in total. The Bertz CT molecular complexity index is 391. The van der Waals surface area contributed by atoms with Gasteiger partial charge in [-0.25, -0.2) is 0 Å². The van der Waals surface area contributed by atoms with Gasteiger partial charge in [-0.1, -0.05) is 12.1 Å². The Morgan fingerprint density at radius 2 is 2.27 bits per heavy atom. The Labute approximate surface area is 89.5 Å². The van der Waals surface area contributed by atoms with E-state index in [1.54, 1.807) is 6.07 Å². The van der Waals surface area contributed by atoms with Crippen LogP contribution < -0.4 is 10.6 Å². The molecule has 1 aromatic carbocycles. The highest BCUT2D eigenvalue weighted by molar-refractivity contribution is 5.68. The third-order valence-electron chi connectivity index (χ3n) is 3.65. The van der Waals surface area contributed by atoms with Gasteiger partial charge in [0.15, 0.2) is 0 Å². The van der Waals surface area contributed by atoms with E-state index in [1.165, 1.54) is 5.56 Å². The first-order chi connectivity index (χ1) is 7.27. The van der Waals surface area contributed by atoms with Crippen LogP contribution in [-0.4, -0.2) is 23.7 Å². The van der Waals surface area contributed by atoms with Crippen LogP contribution in [0.4, 0.5) is 5.69 Å². The van der Waals surface area contributed by atoms with Gasteiger partial charge in [0.25, 0.3) is 0 Å². The minimum absolute atomic E-state index is 0.255. The van der Waals surface area contributed by atoms with Crippen molar-refractivity contribution in [2.75, 3.05) is 11.4 Å². The van der Waals surface area contributed by atoms with E-state index < -0.39 is 0 Å². The summed E-state index contributed by atoms with van der Waals surface area (Å²) in [5, 5.41) is 9.87. The van der Waals surface area contributed by atoms with E-state index in [0.29, 0.717) is 11.8 Å². The molecule has 3 heteroatoms. The molecule has 0 amide bonds. The van der Waals surface area contributed by atoms with Crippen molar-refractivity contribution in [2.45, 2.75) is 31.3 Å². The normalized spacial score (nSPS) is 28.7. The van der Waals surface area contributed by atoms with Crippen molar-refractivity contribution >= 4 is 5.69 Å². The van der Waals surface area contributed by atoms with Crippen LogP contribution in [0.1, 0.15) is 18.4 Å². The van der Waals surface area contributed by atoms with Crippen LogP contribution >= 0.6 is 0 Å². The standard InChI is InChI=1S/C12H16N2O/c13-9-4-2-6-14-10(9)7-8-3-1-5-11(15)12(8)14/h1,3,5,9-10,15H,2,4,6-7,13H2. The number of phenols is 1. The molecule has 0 aromatic heterocycles. The summed E-state index contributed by atoms with van der Waals surface area (Å²) >= 11 is 0. The second-order valence-corrected chi connectivity index (χ2v) is 4.56. The fourth-order valence-corrected chi connectivity index (χ4v) is 2.93. The summed E-state index contributed by atoms with van der Waals surface area (Å²) < 4.78 is 0. The number of phenolic OH excluding ortho intramolecular Hbond substituents is 1. The first-order valence-corrected chi connectivity index (χ1v) is 5.60. The van der Waals surface area contributed by atoms with Crippen LogP contribution in [-0.2, 0) is 6.42 Å². The first kappa shape index (κ1) is 9.04. The largest absolute Gasteiger partial charge is 0.506 e. The molecule has 2 heterocycles. The maximum atomic E-state index is 9.87. The van der Waals surface area contributed by atoms with E-state index in [1.807, 2.05) is 6.07 Å². The molecule has 3 N–H and O–H groups in total. The van der Waals surface area contributed by atoms with E-state index in [-0.39, 0.29) is 6.04 Å². The van der Waals surface area contributed by atoms with Crippen LogP contribution in [0.5, 0.6) is 5.75 Å². The van der Waals surface area contributed by atoms with Gasteiger partial charge in [0.1, 0.15) is 5.75 Å². The number of benzene rings is 1. The quantitative estimate of drug-likeness (QED) is 0.668. The topological polar surface area (TPSA) is 49.5 Å². The lowest BCUT2D eigenvalue weighted by Gasteiger charge is -2.36. The highest BCUT2D eigenvalue weighted by Gasteiger charge is 2.37. The number of hydrogen-bond donors (Lipinski definition) is 2. The molecular weight excluding hydrogens is 188 g/mol. The molecule has 0 bridgehead atoms. The molecule has 80 valence electrons. The number of piperidine rings is 1. The third-order valence-corrected chi connectivity index (χ3v) is 3.65. The molecule has 0 aliphatic carbocycles. The van der Waals surface area contributed by atoms with Crippen LogP contribution in [0, 0.1) is 0 Å². The SMILES string of the molecule is NC1CCCN2c3c(O)cccc3CC12. The highest BCUT2D eigenvalue weighted by atomic mass is 16.3. The lowest BCUT2D eigenvalue weighted by atomic mass is 9.96. The zero-order valence-corrected chi connectivity index (χ0v) is 8.69. The lowest BCUT2D eigenvalue weighted by molar-refractivity contribution is 0.409. The van der Waals surface area contributed by atoms with Crippen molar-refractivity contribution in [3.05, 3.63) is 23.8 Å². The molecule has 1 saturated heterocycles. The number of aromatic hydroxyl groups is 1. The van der Waals surface area contributed by atoms with Crippen LogP contribution in [0.15, 0.2) is 18.2 Å². The molecule has 0 radical (unpaired) electrons. The summed E-state index contributed by atoms with van der Waals surface area (Å²) in [7, 11) is 0. The van der Waals surface area contributed by atoms with Crippen molar-refractivity contribution in [1.29, 1.82) is 0 Å². The molecule has 15 heavy (non-hydrogen) atoms. The first-order valence-electron chi connectivity index (χ1n) is 5.60. The second kappa shape index (κ2) is 3.14. The predicted molar refractivity (Wildman–Crippen MR) is 60.2 cm³/mol. The van der Waals surface area contributed by atoms with E-state index in [4.69, 9.17) is 5.73 Å². The summed E-state index contributed by atoms with van der Waals surface area (Å²) in [6.45, 7) is 1.03. The third kappa shape index (κ3) is 1.23. The molecule has 2 unspecified atom stereocenters. The van der Waals surface area contributed by atoms with Crippen LogP contribution in [0.2, 0.25) is 0 Å². The smallest absolute Gasteiger partial charge is 0.139 e. The van der Waals surface area contributed by atoms with Crippen LogP contribution in [0.3, 0.4) is 0 Å². The molecule has 3 rings (SSSR count). The monoisotopic (exact) mass is 204 g/mol. The van der Waals surface area contributed by atoms with Gasteiger partial charge in [0, 0.05) is 18.6 Å². The van der Waals surface area contributed by atoms with Crippen molar-refractivity contribution in [1.82, 2.24) is 0 Å². The van der Waals surface area contributed by atoms with Gasteiger partial charge in [0.05, 0.1) is 5.69 Å². The summed E-state index contributed by atoms with van der Waals surface area (Å²) in [5.74, 6) is 0.407. The summed E-state index contributed by atoms with van der Waals surface area (Å²) in [6.07, 6.45) is 3.23. The van der Waals surface area contributed by atoms with Crippen molar-refractivity contribution in [3.63, 3.8) is 0 Å². The molecule has 2 aliphatic rings. The number of nitrogens with zero attached hydrogens (tertiary/aromatic N) is 1. The fourth-order valence-electron chi connectivity index (χ4n) is 2.93. The highest BCUT2D eigenvalue weighted by Crippen LogP contribution is 2.41. The molecule has 2 atom stereocenters. The van der Waals surface area contributed by atoms with Gasteiger partial charge in [-0.2, -0.15) is 0 Å². The number of hydrogen-bond acceptors (Lipinski definition) is 3. The van der Waals surface area contributed by atoms with Crippen molar-refractivity contribution < 1.29 is 5.11 Å². The minimum atomic E-state index is 0.255. The number of para-hydroxylation sites is 1. The molecular formula is C12H16N2O. The Kier molecular flexibility index (Phi) is 1.89. The fraction of sp³-hybridized carbons (Fsp3) is 0.500. The second-order valence-electron chi connectivity index (χ2n) is 4.56. The van der Waals surface area contributed by atoms with Gasteiger partial charge >= 0.3 is 0 Å². The van der Waals surface area contributed by atoms with Gasteiger partial charge in [-0.3, -0.25) is 0 Å². The van der Waals surface area contributed by atoms with E-state index in [0.717, 1.165) is 31.5 Å². The zero-order chi connectivity index (χ0) is 10.4. The van der Waals surface area contributed by atoms with E-state index >= 15 is 0 Å². The lowest BCUT2D eigenvalue weighted by Crippen LogP contribution is -2.50. The van der Waals surface area contributed by atoms with E-state index in [2.05, 4.69) is 11.0 Å². The molecule has 2 aliphatic heterocycles.